The minimum Gasteiger partial charge on any atom is -0.358 e. The zero-order chi connectivity index (χ0) is 9.68. The van der Waals surface area contributed by atoms with Crippen molar-refractivity contribution in [2.45, 2.75) is 6.04 Å². The van der Waals surface area contributed by atoms with Crippen LogP contribution in [0.1, 0.15) is 0 Å². The Morgan fingerprint density at radius 3 is 2.69 bits per heavy atom. The molecule has 1 saturated heterocycles. The molecule has 1 aliphatic rings. The quantitative estimate of drug-likeness (QED) is 0.563. The molecule has 0 aliphatic carbocycles. The second kappa shape index (κ2) is 4.99. The molecule has 0 aromatic heterocycles. The Bertz CT molecular complexity index is 187. The Morgan fingerprint density at radius 1 is 1.62 bits per heavy atom. The van der Waals surface area contributed by atoms with Gasteiger partial charge in [-0.25, -0.2) is 0 Å². The zero-order valence-corrected chi connectivity index (χ0v) is 8.05. The van der Waals surface area contributed by atoms with Crippen molar-refractivity contribution in [3.63, 3.8) is 0 Å². The first-order chi connectivity index (χ1) is 6.29. The van der Waals surface area contributed by atoms with Crippen molar-refractivity contribution in [2.75, 3.05) is 33.2 Å². The van der Waals surface area contributed by atoms with Gasteiger partial charge in [-0.2, -0.15) is 0 Å². The summed E-state index contributed by atoms with van der Waals surface area (Å²) in [7, 11) is 1.65. The van der Waals surface area contributed by atoms with E-state index in [2.05, 4.69) is 22.1 Å². The van der Waals surface area contributed by atoms with Crippen molar-refractivity contribution < 1.29 is 4.79 Å². The van der Waals surface area contributed by atoms with Gasteiger partial charge in [-0.05, 0) is 0 Å². The molecule has 2 N–H and O–H groups in total. The highest BCUT2D eigenvalue weighted by molar-refractivity contribution is 5.83. The Morgan fingerprint density at radius 2 is 2.23 bits per heavy atom. The van der Waals surface area contributed by atoms with Gasteiger partial charge >= 0.3 is 0 Å². The van der Waals surface area contributed by atoms with Gasteiger partial charge in [0.25, 0.3) is 0 Å². The SMILES string of the molecule is C=CC(C(=O)NC)N1CCNCC1. The molecule has 0 spiro atoms. The lowest BCUT2D eigenvalue weighted by Gasteiger charge is -2.31. The minimum absolute atomic E-state index is 0.0249. The van der Waals surface area contributed by atoms with Gasteiger partial charge in [-0.3, -0.25) is 9.69 Å². The second-order valence-electron chi connectivity index (χ2n) is 3.08. The van der Waals surface area contributed by atoms with Gasteiger partial charge < -0.3 is 10.6 Å². The van der Waals surface area contributed by atoms with Gasteiger partial charge in [0.2, 0.25) is 5.91 Å². The Balaban J connectivity index is 2.53. The van der Waals surface area contributed by atoms with E-state index < -0.39 is 0 Å². The maximum absolute atomic E-state index is 11.4. The smallest absolute Gasteiger partial charge is 0.241 e. The number of carbonyl (C=O) groups excluding carboxylic acids is 1. The molecule has 0 bridgehead atoms. The number of rotatable bonds is 3. The van der Waals surface area contributed by atoms with E-state index in [9.17, 15) is 4.79 Å². The first kappa shape index (κ1) is 10.2. The van der Waals surface area contributed by atoms with Crippen LogP contribution in [0, 0.1) is 0 Å². The maximum Gasteiger partial charge on any atom is 0.241 e. The summed E-state index contributed by atoms with van der Waals surface area (Å²) in [5, 5.41) is 5.88. The van der Waals surface area contributed by atoms with E-state index in [0.717, 1.165) is 26.2 Å². The number of nitrogens with zero attached hydrogens (tertiary/aromatic N) is 1. The van der Waals surface area contributed by atoms with Crippen LogP contribution in [0.4, 0.5) is 0 Å². The largest absolute Gasteiger partial charge is 0.358 e. The number of hydrogen-bond acceptors (Lipinski definition) is 3. The van der Waals surface area contributed by atoms with E-state index in [0.29, 0.717) is 0 Å². The number of piperazine rings is 1. The maximum atomic E-state index is 11.4. The molecule has 1 unspecified atom stereocenters. The fourth-order valence-electron chi connectivity index (χ4n) is 1.53. The van der Waals surface area contributed by atoms with Crippen LogP contribution in [0.5, 0.6) is 0 Å². The molecule has 0 radical (unpaired) electrons. The van der Waals surface area contributed by atoms with Crippen LogP contribution < -0.4 is 10.6 Å². The van der Waals surface area contributed by atoms with E-state index in [1.807, 2.05) is 0 Å². The number of likely N-dealkylation sites (N-methyl/N-ethyl adjacent to an activating group) is 1. The summed E-state index contributed by atoms with van der Waals surface area (Å²) in [5.41, 5.74) is 0. The molecule has 1 amide bonds. The molecule has 1 rings (SSSR count). The minimum atomic E-state index is -0.174. The molecule has 4 nitrogen and oxygen atoms in total. The van der Waals surface area contributed by atoms with E-state index in [1.54, 1.807) is 13.1 Å². The number of hydrogen-bond donors (Lipinski definition) is 2. The lowest BCUT2D eigenvalue weighted by molar-refractivity contribution is -0.124. The van der Waals surface area contributed by atoms with Crippen molar-refractivity contribution in [3.8, 4) is 0 Å². The van der Waals surface area contributed by atoms with Gasteiger partial charge in [0, 0.05) is 33.2 Å². The predicted molar refractivity (Wildman–Crippen MR) is 52.5 cm³/mol. The third-order valence-electron chi connectivity index (χ3n) is 2.28. The van der Waals surface area contributed by atoms with E-state index >= 15 is 0 Å². The monoisotopic (exact) mass is 183 g/mol. The first-order valence-corrected chi connectivity index (χ1v) is 4.58. The number of amides is 1. The molecule has 1 aliphatic heterocycles. The lowest BCUT2D eigenvalue weighted by atomic mass is 10.2. The highest BCUT2D eigenvalue weighted by atomic mass is 16.2. The van der Waals surface area contributed by atoms with E-state index in [-0.39, 0.29) is 11.9 Å². The average molecular weight is 183 g/mol. The molecular weight excluding hydrogens is 166 g/mol. The topological polar surface area (TPSA) is 44.4 Å². The second-order valence-corrected chi connectivity index (χ2v) is 3.08. The van der Waals surface area contributed by atoms with Gasteiger partial charge in [0.1, 0.15) is 6.04 Å². The molecule has 1 atom stereocenters. The van der Waals surface area contributed by atoms with Gasteiger partial charge in [0.05, 0.1) is 0 Å². The average Bonchev–Trinajstić information content (AvgIpc) is 2.20. The molecule has 0 saturated carbocycles. The van der Waals surface area contributed by atoms with Crippen molar-refractivity contribution in [2.24, 2.45) is 0 Å². The van der Waals surface area contributed by atoms with Crippen molar-refractivity contribution in [3.05, 3.63) is 12.7 Å². The summed E-state index contributed by atoms with van der Waals surface area (Å²) in [6.07, 6.45) is 1.70. The molecule has 1 fully saturated rings. The summed E-state index contributed by atoms with van der Waals surface area (Å²) in [4.78, 5) is 13.5. The molecule has 1 heterocycles. The number of nitrogens with one attached hydrogen (secondary N) is 2. The molecule has 13 heavy (non-hydrogen) atoms. The first-order valence-electron chi connectivity index (χ1n) is 4.58. The van der Waals surface area contributed by atoms with Crippen molar-refractivity contribution >= 4 is 5.91 Å². The highest BCUT2D eigenvalue weighted by Gasteiger charge is 2.22. The van der Waals surface area contributed by atoms with Gasteiger partial charge in [0.15, 0.2) is 0 Å². The van der Waals surface area contributed by atoms with Crippen LogP contribution >= 0.6 is 0 Å². The highest BCUT2D eigenvalue weighted by Crippen LogP contribution is 2.02. The standard InChI is InChI=1S/C9H17N3O/c1-3-8(9(13)10-2)12-6-4-11-5-7-12/h3,8,11H,1,4-7H2,2H3,(H,10,13). The van der Waals surface area contributed by atoms with Crippen LogP contribution in [-0.4, -0.2) is 50.1 Å². The molecule has 0 aromatic carbocycles. The van der Waals surface area contributed by atoms with Crippen molar-refractivity contribution in [1.29, 1.82) is 0 Å². The molecule has 0 aromatic rings. The third-order valence-corrected chi connectivity index (χ3v) is 2.28. The summed E-state index contributed by atoms with van der Waals surface area (Å²) in [5.74, 6) is 0.0249. The fourth-order valence-corrected chi connectivity index (χ4v) is 1.53. The van der Waals surface area contributed by atoms with E-state index in [1.165, 1.54) is 0 Å². The Hall–Kier alpha value is -0.870. The Kier molecular flexibility index (Phi) is 3.92. The molecular formula is C9H17N3O. The van der Waals surface area contributed by atoms with Crippen LogP contribution in [0.2, 0.25) is 0 Å². The van der Waals surface area contributed by atoms with Crippen LogP contribution in [-0.2, 0) is 4.79 Å². The van der Waals surface area contributed by atoms with Crippen LogP contribution in [0.3, 0.4) is 0 Å². The third kappa shape index (κ3) is 2.54. The zero-order valence-electron chi connectivity index (χ0n) is 8.05. The Labute approximate surface area is 79.0 Å². The van der Waals surface area contributed by atoms with Crippen molar-refractivity contribution in [1.82, 2.24) is 15.5 Å². The van der Waals surface area contributed by atoms with E-state index in [4.69, 9.17) is 0 Å². The number of carbonyl (C=O) groups is 1. The summed E-state index contributed by atoms with van der Waals surface area (Å²) in [6.45, 7) is 7.39. The fraction of sp³-hybridized carbons (Fsp3) is 0.667. The summed E-state index contributed by atoms with van der Waals surface area (Å²) < 4.78 is 0. The lowest BCUT2D eigenvalue weighted by Crippen LogP contribution is -2.52. The van der Waals surface area contributed by atoms with Crippen LogP contribution in [0.15, 0.2) is 12.7 Å². The summed E-state index contributed by atoms with van der Waals surface area (Å²) in [6, 6.07) is -0.174. The molecule has 74 valence electrons. The summed E-state index contributed by atoms with van der Waals surface area (Å²) >= 11 is 0. The van der Waals surface area contributed by atoms with Crippen LogP contribution in [0.25, 0.3) is 0 Å². The predicted octanol–water partition coefficient (Wildman–Crippen LogP) is -0.808. The van der Waals surface area contributed by atoms with Gasteiger partial charge in [-0.15, -0.1) is 6.58 Å². The molecule has 4 heteroatoms. The van der Waals surface area contributed by atoms with Gasteiger partial charge in [-0.1, -0.05) is 6.08 Å². The normalized spacial score (nSPS) is 20.7.